The molecule has 0 bridgehead atoms. The number of carboxylic acid groups (broad SMARTS) is 1. The predicted molar refractivity (Wildman–Crippen MR) is 93.6 cm³/mol. The zero-order valence-corrected chi connectivity index (χ0v) is 15.1. The number of aromatic carboxylic acids is 1. The number of carbonyl (C=O) groups excluding carboxylic acids is 1. The number of amides is 1. The summed E-state index contributed by atoms with van der Waals surface area (Å²) < 4.78 is 5.41. The zero-order valence-electron chi connectivity index (χ0n) is 13.6. The van der Waals surface area contributed by atoms with E-state index in [0.717, 1.165) is 4.90 Å². The fourth-order valence-corrected chi connectivity index (χ4v) is 3.33. The smallest absolute Gasteiger partial charge is 0.339 e. The van der Waals surface area contributed by atoms with Gasteiger partial charge in [-0.1, -0.05) is 11.6 Å². The van der Waals surface area contributed by atoms with E-state index in [9.17, 15) is 9.59 Å². The van der Waals surface area contributed by atoms with Crippen LogP contribution >= 0.6 is 23.4 Å². The number of benzene rings is 1. The number of aryl methyl sites for hydroxylation is 1. The van der Waals surface area contributed by atoms with Crippen molar-refractivity contribution in [3.8, 4) is 0 Å². The van der Waals surface area contributed by atoms with Gasteiger partial charge in [-0.25, -0.2) is 4.79 Å². The van der Waals surface area contributed by atoms with E-state index in [1.165, 1.54) is 22.7 Å². The molecular weight excluding hydrogens is 350 g/mol. The summed E-state index contributed by atoms with van der Waals surface area (Å²) in [5.41, 5.74) is 0.120. The highest BCUT2D eigenvalue weighted by atomic mass is 35.5. The zero-order chi connectivity index (χ0) is 17.9. The fourth-order valence-electron chi connectivity index (χ4n) is 2.22. The normalized spacial score (nSPS) is 12.0. The number of thioether (sulfide) groups is 1. The number of carbonyl (C=O) groups is 2. The average Bonchev–Trinajstić information content (AvgIpc) is 2.89. The van der Waals surface area contributed by atoms with Crippen LogP contribution in [0.15, 0.2) is 39.6 Å². The van der Waals surface area contributed by atoms with Gasteiger partial charge in [-0.3, -0.25) is 4.79 Å². The summed E-state index contributed by atoms with van der Waals surface area (Å²) in [6, 6.07) is 8.75. The number of rotatable bonds is 6. The lowest BCUT2D eigenvalue weighted by atomic mass is 10.2. The summed E-state index contributed by atoms with van der Waals surface area (Å²) in [6.45, 7) is 3.64. The lowest BCUT2D eigenvalue weighted by Gasteiger charge is -2.20. The third kappa shape index (κ3) is 4.55. The Labute approximate surface area is 149 Å². The maximum Gasteiger partial charge on any atom is 0.339 e. The van der Waals surface area contributed by atoms with Gasteiger partial charge in [-0.15, -0.1) is 11.8 Å². The Morgan fingerprint density at radius 1 is 1.33 bits per heavy atom. The highest BCUT2D eigenvalue weighted by Crippen LogP contribution is 2.26. The Morgan fingerprint density at radius 2 is 1.96 bits per heavy atom. The first-order valence-corrected chi connectivity index (χ1v) is 8.53. The van der Waals surface area contributed by atoms with Gasteiger partial charge in [-0.2, -0.15) is 0 Å². The molecule has 0 aliphatic rings. The van der Waals surface area contributed by atoms with Crippen LogP contribution in [0.4, 0.5) is 0 Å². The van der Waals surface area contributed by atoms with E-state index in [1.54, 1.807) is 26.1 Å². The Bertz CT molecular complexity index is 742. The molecule has 1 heterocycles. The molecular formula is C17H18ClNO4S. The molecule has 1 aromatic heterocycles. The van der Waals surface area contributed by atoms with Crippen molar-refractivity contribution in [2.24, 2.45) is 0 Å². The van der Waals surface area contributed by atoms with Crippen LogP contribution < -0.4 is 0 Å². The average molecular weight is 368 g/mol. The molecule has 0 spiro atoms. The van der Waals surface area contributed by atoms with Crippen molar-refractivity contribution in [3.05, 3.63) is 52.4 Å². The number of nitrogens with zero attached hydrogens (tertiary/aromatic N) is 1. The monoisotopic (exact) mass is 367 g/mol. The van der Waals surface area contributed by atoms with Crippen LogP contribution in [0.2, 0.25) is 5.02 Å². The quantitative estimate of drug-likeness (QED) is 0.779. The van der Waals surface area contributed by atoms with E-state index in [2.05, 4.69) is 0 Å². The molecule has 1 amide bonds. The second-order valence-electron chi connectivity index (χ2n) is 5.40. The van der Waals surface area contributed by atoms with Crippen molar-refractivity contribution in [2.75, 3.05) is 7.05 Å². The van der Waals surface area contributed by atoms with E-state index in [0.29, 0.717) is 16.5 Å². The van der Waals surface area contributed by atoms with Crippen molar-refractivity contribution < 1.29 is 19.1 Å². The minimum absolute atomic E-state index is 0.0686. The van der Waals surface area contributed by atoms with Crippen molar-refractivity contribution >= 4 is 35.2 Å². The van der Waals surface area contributed by atoms with E-state index < -0.39 is 5.97 Å². The molecule has 0 fully saturated rings. The predicted octanol–water partition coefficient (Wildman–Crippen LogP) is 4.08. The van der Waals surface area contributed by atoms with Gasteiger partial charge in [0, 0.05) is 17.0 Å². The first-order valence-electron chi connectivity index (χ1n) is 7.27. The summed E-state index contributed by atoms with van der Waals surface area (Å²) >= 11 is 7.29. The van der Waals surface area contributed by atoms with Crippen molar-refractivity contribution in [1.82, 2.24) is 4.90 Å². The van der Waals surface area contributed by atoms with Crippen LogP contribution in [0.5, 0.6) is 0 Å². The van der Waals surface area contributed by atoms with Crippen LogP contribution in [0.3, 0.4) is 0 Å². The number of furan rings is 1. The topological polar surface area (TPSA) is 70.8 Å². The maximum atomic E-state index is 12.5. The molecule has 7 heteroatoms. The van der Waals surface area contributed by atoms with E-state index in [1.807, 2.05) is 19.1 Å². The van der Waals surface area contributed by atoms with Gasteiger partial charge in [0.1, 0.15) is 17.1 Å². The summed E-state index contributed by atoms with van der Waals surface area (Å²) in [5.74, 6) is -0.324. The van der Waals surface area contributed by atoms with Gasteiger partial charge in [0.2, 0.25) is 5.91 Å². The Kier molecular flexibility index (Phi) is 5.96. The molecule has 2 rings (SSSR count). The van der Waals surface area contributed by atoms with Gasteiger partial charge in [-0.05, 0) is 44.2 Å². The summed E-state index contributed by atoms with van der Waals surface area (Å²) in [4.78, 5) is 26.0. The van der Waals surface area contributed by atoms with Gasteiger partial charge >= 0.3 is 5.97 Å². The molecule has 1 atom stereocenters. The maximum absolute atomic E-state index is 12.5. The van der Waals surface area contributed by atoms with Gasteiger partial charge < -0.3 is 14.4 Å². The summed E-state index contributed by atoms with van der Waals surface area (Å²) in [6.07, 6.45) is 0. The van der Waals surface area contributed by atoms with Crippen LogP contribution in [0.1, 0.15) is 28.8 Å². The molecule has 24 heavy (non-hydrogen) atoms. The molecule has 1 aromatic carbocycles. The molecule has 0 saturated carbocycles. The molecule has 1 unspecified atom stereocenters. The lowest BCUT2D eigenvalue weighted by molar-refractivity contribution is -0.129. The molecule has 0 saturated heterocycles. The number of carboxylic acids is 1. The van der Waals surface area contributed by atoms with Crippen molar-refractivity contribution in [2.45, 2.75) is 30.5 Å². The first-order chi connectivity index (χ1) is 11.3. The van der Waals surface area contributed by atoms with Gasteiger partial charge in [0.25, 0.3) is 0 Å². The van der Waals surface area contributed by atoms with E-state index in [4.69, 9.17) is 21.1 Å². The first kappa shape index (κ1) is 18.4. The highest BCUT2D eigenvalue weighted by molar-refractivity contribution is 8.00. The summed E-state index contributed by atoms with van der Waals surface area (Å²) in [7, 11) is 1.67. The van der Waals surface area contributed by atoms with Crippen LogP contribution in [-0.4, -0.2) is 34.2 Å². The Hall–Kier alpha value is -1.92. The summed E-state index contributed by atoms with van der Waals surface area (Å²) in [5, 5.41) is 9.41. The SMILES string of the molecule is Cc1oc(CN(C)C(=O)C(C)Sc2ccc(Cl)cc2)cc1C(=O)O. The largest absolute Gasteiger partial charge is 0.478 e. The van der Waals surface area contributed by atoms with Crippen molar-refractivity contribution in [3.63, 3.8) is 0 Å². The molecule has 2 aromatic rings. The highest BCUT2D eigenvalue weighted by Gasteiger charge is 2.21. The number of halogens is 1. The number of hydrogen-bond acceptors (Lipinski definition) is 4. The molecule has 1 N–H and O–H groups in total. The second-order valence-corrected chi connectivity index (χ2v) is 7.25. The van der Waals surface area contributed by atoms with Gasteiger partial charge in [0.05, 0.1) is 11.8 Å². The fraction of sp³-hybridized carbons (Fsp3) is 0.294. The molecule has 5 nitrogen and oxygen atoms in total. The van der Waals surface area contributed by atoms with Gasteiger partial charge in [0.15, 0.2) is 0 Å². The lowest BCUT2D eigenvalue weighted by Crippen LogP contribution is -2.32. The van der Waals surface area contributed by atoms with Crippen LogP contribution in [-0.2, 0) is 11.3 Å². The molecule has 128 valence electrons. The molecule has 0 radical (unpaired) electrons. The molecule has 0 aliphatic carbocycles. The van der Waals surface area contributed by atoms with Crippen molar-refractivity contribution in [1.29, 1.82) is 0 Å². The second kappa shape index (κ2) is 7.77. The third-order valence-corrected chi connectivity index (χ3v) is 4.79. The van der Waals surface area contributed by atoms with E-state index in [-0.39, 0.29) is 23.3 Å². The Morgan fingerprint density at radius 3 is 2.50 bits per heavy atom. The Balaban J connectivity index is 1.99. The molecule has 0 aliphatic heterocycles. The minimum Gasteiger partial charge on any atom is -0.478 e. The van der Waals surface area contributed by atoms with E-state index >= 15 is 0 Å². The third-order valence-electron chi connectivity index (χ3n) is 3.44. The standard InChI is InChI=1S/C17H18ClNO4S/c1-10-15(17(21)22)8-13(23-10)9-19(3)16(20)11(2)24-14-6-4-12(18)5-7-14/h4-8,11H,9H2,1-3H3,(H,21,22). The van der Waals surface area contributed by atoms with Crippen LogP contribution in [0.25, 0.3) is 0 Å². The number of hydrogen-bond donors (Lipinski definition) is 1. The van der Waals surface area contributed by atoms with Crippen LogP contribution in [0, 0.1) is 6.92 Å². The minimum atomic E-state index is -1.04.